The van der Waals surface area contributed by atoms with Crippen molar-refractivity contribution in [1.29, 1.82) is 0 Å². The largest absolute Gasteiger partial charge is 0.494 e. The van der Waals surface area contributed by atoms with Crippen LogP contribution in [0.15, 0.2) is 24.3 Å². The number of nitrogens with one attached hydrogen (secondary N) is 1. The summed E-state index contributed by atoms with van der Waals surface area (Å²) in [6, 6.07) is 9.10. The molecule has 0 unspecified atom stereocenters. The molecule has 0 radical (unpaired) electrons. The van der Waals surface area contributed by atoms with Gasteiger partial charge in [0.05, 0.1) is 6.61 Å². The van der Waals surface area contributed by atoms with Crippen LogP contribution in [0.1, 0.15) is 57.9 Å². The van der Waals surface area contributed by atoms with Gasteiger partial charge in [-0.1, -0.05) is 38.3 Å². The Bertz CT molecular complexity index is 385. The van der Waals surface area contributed by atoms with Crippen LogP contribution in [-0.2, 0) is 6.54 Å². The van der Waals surface area contributed by atoms with Gasteiger partial charge in [-0.15, -0.1) is 0 Å². The second kappa shape index (κ2) is 8.31. The topological polar surface area (TPSA) is 21.3 Å². The molecule has 20 heavy (non-hydrogen) atoms. The van der Waals surface area contributed by atoms with Gasteiger partial charge in [0.2, 0.25) is 0 Å². The summed E-state index contributed by atoms with van der Waals surface area (Å²) in [6.45, 7) is 6.22. The Balaban J connectivity index is 1.80. The molecular formula is C18H29NO. The molecular weight excluding hydrogens is 246 g/mol. The SMILES string of the molecule is CCCOc1cccc(CN[C@H](C)C2CCCCC2)c1. The fourth-order valence-corrected chi connectivity index (χ4v) is 3.04. The molecule has 1 aliphatic rings. The molecule has 0 spiro atoms. The van der Waals surface area contributed by atoms with Crippen molar-refractivity contribution in [3.8, 4) is 5.75 Å². The van der Waals surface area contributed by atoms with E-state index in [0.29, 0.717) is 6.04 Å². The molecule has 0 bridgehead atoms. The van der Waals surface area contributed by atoms with Crippen molar-refractivity contribution in [3.63, 3.8) is 0 Å². The van der Waals surface area contributed by atoms with Crippen molar-refractivity contribution in [2.24, 2.45) is 5.92 Å². The molecule has 0 aliphatic heterocycles. The molecule has 1 aromatic rings. The van der Waals surface area contributed by atoms with Gasteiger partial charge in [-0.05, 0) is 49.8 Å². The normalized spacial score (nSPS) is 17.9. The lowest BCUT2D eigenvalue weighted by Gasteiger charge is -2.28. The number of rotatable bonds is 7. The molecule has 0 saturated heterocycles. The van der Waals surface area contributed by atoms with Gasteiger partial charge in [-0.3, -0.25) is 0 Å². The van der Waals surface area contributed by atoms with Crippen LogP contribution in [0, 0.1) is 5.92 Å². The highest BCUT2D eigenvalue weighted by molar-refractivity contribution is 5.28. The highest BCUT2D eigenvalue weighted by Gasteiger charge is 2.19. The third-order valence-corrected chi connectivity index (χ3v) is 4.36. The van der Waals surface area contributed by atoms with Crippen molar-refractivity contribution < 1.29 is 4.74 Å². The molecule has 112 valence electrons. The zero-order chi connectivity index (χ0) is 14.2. The molecule has 1 atom stereocenters. The van der Waals surface area contributed by atoms with E-state index >= 15 is 0 Å². The van der Waals surface area contributed by atoms with Crippen molar-refractivity contribution in [1.82, 2.24) is 5.32 Å². The quantitative estimate of drug-likeness (QED) is 0.789. The molecule has 1 aliphatic carbocycles. The molecule has 2 nitrogen and oxygen atoms in total. The number of hydrogen-bond donors (Lipinski definition) is 1. The minimum absolute atomic E-state index is 0.621. The van der Waals surface area contributed by atoms with Crippen LogP contribution in [0.4, 0.5) is 0 Å². The van der Waals surface area contributed by atoms with Gasteiger partial charge in [-0.25, -0.2) is 0 Å². The Morgan fingerprint density at radius 1 is 1.25 bits per heavy atom. The van der Waals surface area contributed by atoms with E-state index < -0.39 is 0 Å². The van der Waals surface area contributed by atoms with Gasteiger partial charge in [0.15, 0.2) is 0 Å². The third kappa shape index (κ3) is 4.82. The Kier molecular flexibility index (Phi) is 6.38. The van der Waals surface area contributed by atoms with Gasteiger partial charge >= 0.3 is 0 Å². The van der Waals surface area contributed by atoms with E-state index in [-0.39, 0.29) is 0 Å². The van der Waals surface area contributed by atoms with Crippen LogP contribution >= 0.6 is 0 Å². The zero-order valence-corrected chi connectivity index (χ0v) is 13.0. The lowest BCUT2D eigenvalue weighted by Crippen LogP contribution is -2.34. The van der Waals surface area contributed by atoms with Crippen molar-refractivity contribution in [3.05, 3.63) is 29.8 Å². The summed E-state index contributed by atoms with van der Waals surface area (Å²) in [5.74, 6) is 1.86. The van der Waals surface area contributed by atoms with Crippen LogP contribution in [0.2, 0.25) is 0 Å². The first-order valence-electron chi connectivity index (χ1n) is 8.24. The minimum Gasteiger partial charge on any atom is -0.494 e. The van der Waals surface area contributed by atoms with Gasteiger partial charge in [-0.2, -0.15) is 0 Å². The van der Waals surface area contributed by atoms with Gasteiger partial charge < -0.3 is 10.1 Å². The van der Waals surface area contributed by atoms with E-state index in [9.17, 15) is 0 Å². The average molecular weight is 275 g/mol. The van der Waals surface area contributed by atoms with Crippen molar-refractivity contribution in [2.45, 2.75) is 65.0 Å². The number of hydrogen-bond acceptors (Lipinski definition) is 2. The average Bonchev–Trinajstić information content (AvgIpc) is 2.52. The lowest BCUT2D eigenvalue weighted by molar-refractivity contribution is 0.280. The molecule has 2 heteroatoms. The van der Waals surface area contributed by atoms with Crippen LogP contribution in [0.5, 0.6) is 5.75 Å². The summed E-state index contributed by atoms with van der Waals surface area (Å²) in [5.41, 5.74) is 1.32. The number of benzene rings is 1. The molecule has 0 amide bonds. The third-order valence-electron chi connectivity index (χ3n) is 4.36. The summed E-state index contributed by atoms with van der Waals surface area (Å²) in [4.78, 5) is 0. The van der Waals surface area contributed by atoms with E-state index in [1.807, 2.05) is 6.07 Å². The molecule has 1 fully saturated rings. The van der Waals surface area contributed by atoms with Crippen LogP contribution < -0.4 is 10.1 Å². The van der Waals surface area contributed by atoms with Crippen LogP contribution in [-0.4, -0.2) is 12.6 Å². The summed E-state index contributed by atoms with van der Waals surface area (Å²) in [7, 11) is 0. The Morgan fingerprint density at radius 3 is 2.80 bits per heavy atom. The van der Waals surface area contributed by atoms with E-state index in [4.69, 9.17) is 4.74 Å². The Morgan fingerprint density at radius 2 is 2.05 bits per heavy atom. The summed E-state index contributed by atoms with van der Waals surface area (Å²) in [6.07, 6.45) is 8.11. The molecule has 0 heterocycles. The van der Waals surface area contributed by atoms with Gasteiger partial charge in [0.25, 0.3) is 0 Å². The fraction of sp³-hybridized carbons (Fsp3) is 0.667. The molecule has 0 aromatic heterocycles. The first-order valence-corrected chi connectivity index (χ1v) is 8.24. The van der Waals surface area contributed by atoms with Crippen LogP contribution in [0.25, 0.3) is 0 Å². The van der Waals surface area contributed by atoms with E-state index in [0.717, 1.165) is 31.2 Å². The first kappa shape index (κ1) is 15.4. The minimum atomic E-state index is 0.621. The summed E-state index contributed by atoms with van der Waals surface area (Å²) < 4.78 is 5.69. The highest BCUT2D eigenvalue weighted by Crippen LogP contribution is 2.26. The predicted octanol–water partition coefficient (Wildman–Crippen LogP) is 4.53. The maximum absolute atomic E-state index is 5.69. The standard InChI is InChI=1S/C18H29NO/c1-3-12-20-18-11-7-8-16(13-18)14-19-15(2)17-9-5-4-6-10-17/h7-8,11,13,15,17,19H,3-6,9-10,12,14H2,1-2H3/t15-/m1/s1. The van der Waals surface area contributed by atoms with E-state index in [1.165, 1.54) is 37.7 Å². The van der Waals surface area contributed by atoms with Crippen molar-refractivity contribution in [2.75, 3.05) is 6.61 Å². The predicted molar refractivity (Wildman–Crippen MR) is 85.1 cm³/mol. The summed E-state index contributed by atoms with van der Waals surface area (Å²) in [5, 5.41) is 3.70. The maximum Gasteiger partial charge on any atom is 0.119 e. The van der Waals surface area contributed by atoms with Gasteiger partial charge in [0, 0.05) is 12.6 Å². The molecule has 1 N–H and O–H groups in total. The Labute approximate surface area is 123 Å². The molecule has 1 aromatic carbocycles. The summed E-state index contributed by atoms with van der Waals surface area (Å²) >= 11 is 0. The highest BCUT2D eigenvalue weighted by atomic mass is 16.5. The molecule has 2 rings (SSSR count). The van der Waals surface area contributed by atoms with E-state index in [2.05, 4.69) is 37.4 Å². The monoisotopic (exact) mass is 275 g/mol. The maximum atomic E-state index is 5.69. The number of ether oxygens (including phenoxy) is 1. The van der Waals surface area contributed by atoms with Crippen molar-refractivity contribution >= 4 is 0 Å². The second-order valence-corrected chi connectivity index (χ2v) is 6.06. The fourth-order valence-electron chi connectivity index (χ4n) is 3.04. The lowest BCUT2D eigenvalue weighted by atomic mass is 9.84. The Hall–Kier alpha value is -1.02. The molecule has 1 saturated carbocycles. The van der Waals surface area contributed by atoms with Gasteiger partial charge in [0.1, 0.15) is 5.75 Å². The van der Waals surface area contributed by atoms with Crippen LogP contribution in [0.3, 0.4) is 0 Å². The smallest absolute Gasteiger partial charge is 0.119 e. The zero-order valence-electron chi connectivity index (χ0n) is 13.0. The van der Waals surface area contributed by atoms with E-state index in [1.54, 1.807) is 0 Å². The first-order chi connectivity index (χ1) is 9.79. The second-order valence-electron chi connectivity index (χ2n) is 6.06.